The van der Waals surface area contributed by atoms with E-state index in [1.807, 2.05) is 49.4 Å². The highest BCUT2D eigenvalue weighted by Gasteiger charge is 2.19. The Morgan fingerprint density at radius 2 is 1.73 bits per heavy atom. The fourth-order valence-corrected chi connectivity index (χ4v) is 4.42. The van der Waals surface area contributed by atoms with Gasteiger partial charge in [0, 0.05) is 30.5 Å². The highest BCUT2D eigenvalue weighted by Crippen LogP contribution is 2.31. The van der Waals surface area contributed by atoms with Gasteiger partial charge in [-0.05, 0) is 31.0 Å². The fourth-order valence-electron chi connectivity index (χ4n) is 3.90. The van der Waals surface area contributed by atoms with E-state index in [0.717, 1.165) is 41.3 Å². The summed E-state index contributed by atoms with van der Waals surface area (Å²) in [4.78, 5) is 22.4. The van der Waals surface area contributed by atoms with Crippen molar-refractivity contribution in [2.45, 2.75) is 32.7 Å². The lowest BCUT2D eigenvalue weighted by Gasteiger charge is -2.11. The zero-order valence-corrected chi connectivity index (χ0v) is 19.5. The molecular weight excluding hydrogens is 438 g/mol. The molecule has 0 spiro atoms. The summed E-state index contributed by atoms with van der Waals surface area (Å²) in [6.45, 7) is 3.12. The number of benzene rings is 2. The Balaban J connectivity index is 1.72. The number of imidazole rings is 1. The number of para-hydroxylation sites is 1. The van der Waals surface area contributed by atoms with E-state index < -0.39 is 10.0 Å². The van der Waals surface area contributed by atoms with Crippen LogP contribution in [0.5, 0.6) is 0 Å². The minimum absolute atomic E-state index is 0.237. The number of carbonyl (C=O) groups is 1. The maximum atomic E-state index is 12.8. The smallest absolute Gasteiger partial charge is 0.256 e. The van der Waals surface area contributed by atoms with Gasteiger partial charge in [-0.25, -0.2) is 23.1 Å². The van der Waals surface area contributed by atoms with E-state index >= 15 is 0 Å². The number of fused-ring (bicyclic) bond motifs is 3. The van der Waals surface area contributed by atoms with Crippen LogP contribution in [0.2, 0.25) is 0 Å². The molecule has 0 saturated carbocycles. The minimum atomic E-state index is -3.19. The van der Waals surface area contributed by atoms with E-state index in [4.69, 9.17) is 9.97 Å². The average Bonchev–Trinajstić information content (AvgIpc) is 3.18. The quantitative estimate of drug-likeness (QED) is 0.367. The topological polar surface area (TPSA) is 106 Å². The summed E-state index contributed by atoms with van der Waals surface area (Å²) in [5.41, 5.74) is 2.91. The average molecular weight is 466 g/mol. The molecule has 33 heavy (non-hydrogen) atoms. The van der Waals surface area contributed by atoms with Crippen LogP contribution in [-0.2, 0) is 23.0 Å². The van der Waals surface area contributed by atoms with Crippen LogP contribution >= 0.6 is 0 Å². The molecule has 1 amide bonds. The standard InChI is InChI=1S/C24H27N5O3S/c1-3-20-27-21-22(29(20)16-10-9-15-25-33(2,31)32)18-13-7-8-14-19(18)26-23(21)28-24(30)17-11-5-4-6-12-17/h4-8,11-14,25H,3,9-10,15-16H2,1-2H3,(H,26,28,30). The van der Waals surface area contributed by atoms with Gasteiger partial charge >= 0.3 is 0 Å². The third kappa shape index (κ3) is 5.20. The Bertz CT molecular complexity index is 1400. The van der Waals surface area contributed by atoms with Crippen molar-refractivity contribution in [2.24, 2.45) is 0 Å². The zero-order chi connectivity index (χ0) is 23.4. The van der Waals surface area contributed by atoms with Crippen molar-refractivity contribution in [1.82, 2.24) is 19.3 Å². The van der Waals surface area contributed by atoms with Crippen molar-refractivity contribution in [1.29, 1.82) is 0 Å². The Kier molecular flexibility index (Phi) is 6.71. The van der Waals surface area contributed by atoms with Crippen molar-refractivity contribution < 1.29 is 13.2 Å². The number of nitrogens with one attached hydrogen (secondary N) is 2. The molecule has 0 aliphatic carbocycles. The van der Waals surface area contributed by atoms with Gasteiger partial charge < -0.3 is 9.88 Å². The van der Waals surface area contributed by atoms with Crippen LogP contribution in [-0.4, -0.2) is 41.7 Å². The minimum Gasteiger partial charge on any atom is -0.327 e. The number of aromatic nitrogens is 3. The van der Waals surface area contributed by atoms with Crippen molar-refractivity contribution in [3.63, 3.8) is 0 Å². The van der Waals surface area contributed by atoms with Gasteiger partial charge in [0.2, 0.25) is 10.0 Å². The molecule has 0 atom stereocenters. The van der Waals surface area contributed by atoms with Gasteiger partial charge in [0.05, 0.1) is 17.3 Å². The SMILES string of the molecule is CCc1nc2c(NC(=O)c3ccccc3)nc3ccccc3c2n1CCCCNS(C)(=O)=O. The zero-order valence-electron chi connectivity index (χ0n) is 18.7. The molecule has 2 heterocycles. The maximum Gasteiger partial charge on any atom is 0.256 e. The lowest BCUT2D eigenvalue weighted by Crippen LogP contribution is -2.23. The Labute approximate surface area is 193 Å². The Morgan fingerprint density at radius 1 is 1.00 bits per heavy atom. The number of nitrogens with zero attached hydrogens (tertiary/aromatic N) is 3. The number of rotatable bonds is 9. The van der Waals surface area contributed by atoms with E-state index in [1.54, 1.807) is 12.1 Å². The van der Waals surface area contributed by atoms with Crippen molar-refractivity contribution >= 4 is 43.7 Å². The molecule has 0 aliphatic rings. The molecule has 0 fully saturated rings. The maximum absolute atomic E-state index is 12.8. The normalized spacial score (nSPS) is 11.8. The number of anilines is 1. The predicted molar refractivity (Wildman–Crippen MR) is 131 cm³/mol. The summed E-state index contributed by atoms with van der Waals surface area (Å²) >= 11 is 0. The molecule has 9 heteroatoms. The number of pyridine rings is 1. The van der Waals surface area contributed by atoms with Crippen LogP contribution < -0.4 is 10.0 Å². The van der Waals surface area contributed by atoms with E-state index in [9.17, 15) is 13.2 Å². The molecule has 4 rings (SSSR count). The molecule has 2 N–H and O–H groups in total. The molecule has 2 aromatic carbocycles. The van der Waals surface area contributed by atoms with Gasteiger partial charge in [-0.3, -0.25) is 4.79 Å². The molecular formula is C24H27N5O3S. The summed E-state index contributed by atoms with van der Waals surface area (Å²) < 4.78 is 27.3. The Morgan fingerprint density at radius 3 is 2.45 bits per heavy atom. The van der Waals surface area contributed by atoms with E-state index in [2.05, 4.69) is 14.6 Å². The fraction of sp³-hybridized carbons (Fsp3) is 0.292. The third-order valence-corrected chi connectivity index (χ3v) is 6.15. The summed E-state index contributed by atoms with van der Waals surface area (Å²) in [7, 11) is -3.19. The Hall–Kier alpha value is -3.30. The van der Waals surface area contributed by atoms with E-state index in [0.29, 0.717) is 36.4 Å². The van der Waals surface area contributed by atoms with Crippen molar-refractivity contribution in [3.05, 3.63) is 66.0 Å². The van der Waals surface area contributed by atoms with Crippen LogP contribution in [0.25, 0.3) is 21.9 Å². The summed E-state index contributed by atoms with van der Waals surface area (Å²) in [6.07, 6.45) is 3.37. The van der Waals surface area contributed by atoms with Crippen molar-refractivity contribution in [3.8, 4) is 0 Å². The number of carbonyl (C=O) groups excluding carboxylic acids is 1. The summed E-state index contributed by atoms with van der Waals surface area (Å²) in [5, 5.41) is 3.91. The first-order valence-corrected chi connectivity index (χ1v) is 12.9. The van der Waals surface area contributed by atoms with Crippen LogP contribution in [0.4, 0.5) is 5.82 Å². The van der Waals surface area contributed by atoms with Gasteiger partial charge in [-0.1, -0.05) is 43.3 Å². The second-order valence-corrected chi connectivity index (χ2v) is 9.73. The highest BCUT2D eigenvalue weighted by atomic mass is 32.2. The number of amides is 1. The predicted octanol–water partition coefficient (Wildman–Crippen LogP) is 3.73. The second-order valence-electron chi connectivity index (χ2n) is 7.90. The lowest BCUT2D eigenvalue weighted by molar-refractivity contribution is 0.102. The van der Waals surface area contributed by atoms with E-state index in [-0.39, 0.29) is 5.91 Å². The molecule has 0 saturated heterocycles. The molecule has 2 aromatic heterocycles. The first-order chi connectivity index (χ1) is 15.9. The summed E-state index contributed by atoms with van der Waals surface area (Å²) in [5.74, 6) is 1.10. The number of hydrogen-bond acceptors (Lipinski definition) is 5. The molecule has 0 radical (unpaired) electrons. The first-order valence-electron chi connectivity index (χ1n) is 11.0. The number of hydrogen-bond donors (Lipinski definition) is 2. The van der Waals surface area contributed by atoms with Gasteiger partial charge in [0.15, 0.2) is 5.82 Å². The second kappa shape index (κ2) is 9.68. The first kappa shape index (κ1) is 22.9. The number of unbranched alkanes of at least 4 members (excludes halogenated alkanes) is 1. The van der Waals surface area contributed by atoms with Gasteiger partial charge in [0.1, 0.15) is 11.3 Å². The third-order valence-electron chi connectivity index (χ3n) is 5.42. The molecule has 0 unspecified atom stereocenters. The van der Waals surface area contributed by atoms with Crippen LogP contribution in [0.1, 0.15) is 35.9 Å². The number of aryl methyl sites for hydroxylation is 2. The van der Waals surface area contributed by atoms with Gasteiger partial charge in [0.25, 0.3) is 5.91 Å². The molecule has 172 valence electrons. The highest BCUT2D eigenvalue weighted by molar-refractivity contribution is 7.88. The van der Waals surface area contributed by atoms with Crippen LogP contribution in [0.15, 0.2) is 54.6 Å². The molecule has 0 aliphatic heterocycles. The molecule has 4 aromatic rings. The van der Waals surface area contributed by atoms with Gasteiger partial charge in [-0.15, -0.1) is 0 Å². The lowest BCUT2D eigenvalue weighted by atomic mass is 10.1. The van der Waals surface area contributed by atoms with E-state index in [1.165, 1.54) is 0 Å². The summed E-state index contributed by atoms with van der Waals surface area (Å²) in [6, 6.07) is 16.8. The van der Waals surface area contributed by atoms with Crippen LogP contribution in [0, 0.1) is 0 Å². The number of sulfonamides is 1. The monoisotopic (exact) mass is 465 g/mol. The van der Waals surface area contributed by atoms with Gasteiger partial charge in [-0.2, -0.15) is 0 Å². The molecule has 8 nitrogen and oxygen atoms in total. The van der Waals surface area contributed by atoms with Crippen LogP contribution in [0.3, 0.4) is 0 Å². The molecule has 0 bridgehead atoms. The van der Waals surface area contributed by atoms with Crippen molar-refractivity contribution in [2.75, 3.05) is 18.1 Å². The largest absolute Gasteiger partial charge is 0.327 e.